The fourth-order valence-electron chi connectivity index (χ4n) is 1.68. The van der Waals surface area contributed by atoms with Crippen LogP contribution in [0.2, 0.25) is 0 Å². The van der Waals surface area contributed by atoms with Crippen molar-refractivity contribution in [1.29, 1.82) is 10.5 Å². The van der Waals surface area contributed by atoms with Crippen LogP contribution in [0.1, 0.15) is 40.0 Å². The first-order chi connectivity index (χ1) is 9.29. The minimum Gasteiger partial charge on any atom is -0.481 e. The van der Waals surface area contributed by atoms with Crippen LogP contribution in [0.5, 0.6) is 0 Å². The zero-order valence-corrected chi connectivity index (χ0v) is 12.2. The SMILES string of the molecule is CC(C)C(C)(CC(=O)N(CCC#N)CCC#N)C(=O)O. The molecule has 0 aliphatic carbocycles. The molecule has 20 heavy (non-hydrogen) atoms. The Labute approximate surface area is 119 Å². The molecule has 0 heterocycles. The zero-order valence-electron chi connectivity index (χ0n) is 12.2. The number of carboxylic acids is 1. The van der Waals surface area contributed by atoms with Gasteiger partial charge in [0.05, 0.1) is 30.4 Å². The van der Waals surface area contributed by atoms with Gasteiger partial charge < -0.3 is 10.0 Å². The van der Waals surface area contributed by atoms with Crippen LogP contribution in [0, 0.1) is 34.0 Å². The van der Waals surface area contributed by atoms with Gasteiger partial charge in [0.2, 0.25) is 5.91 Å². The number of hydrogen-bond donors (Lipinski definition) is 1. The second-order valence-corrected chi connectivity index (χ2v) is 5.25. The fourth-order valence-corrected chi connectivity index (χ4v) is 1.68. The Morgan fingerprint density at radius 3 is 1.95 bits per heavy atom. The van der Waals surface area contributed by atoms with E-state index in [1.807, 2.05) is 12.1 Å². The average Bonchev–Trinajstić information content (AvgIpc) is 2.38. The molecule has 0 fully saturated rings. The molecule has 6 heteroatoms. The Hall–Kier alpha value is -2.08. The highest BCUT2D eigenvalue weighted by molar-refractivity contribution is 5.85. The van der Waals surface area contributed by atoms with Crippen molar-refractivity contribution in [3.8, 4) is 12.1 Å². The van der Waals surface area contributed by atoms with E-state index in [2.05, 4.69) is 0 Å². The van der Waals surface area contributed by atoms with E-state index in [4.69, 9.17) is 10.5 Å². The largest absolute Gasteiger partial charge is 0.481 e. The number of amides is 1. The van der Waals surface area contributed by atoms with Gasteiger partial charge in [0.25, 0.3) is 0 Å². The van der Waals surface area contributed by atoms with Crippen molar-refractivity contribution in [2.75, 3.05) is 13.1 Å². The minimum absolute atomic E-state index is 0.128. The Morgan fingerprint density at radius 1 is 1.20 bits per heavy atom. The van der Waals surface area contributed by atoms with Crippen molar-refractivity contribution in [2.24, 2.45) is 11.3 Å². The topological polar surface area (TPSA) is 105 Å². The molecular formula is C14H21N3O3. The van der Waals surface area contributed by atoms with Gasteiger partial charge in [-0.15, -0.1) is 0 Å². The van der Waals surface area contributed by atoms with Crippen LogP contribution in [0.25, 0.3) is 0 Å². The summed E-state index contributed by atoms with van der Waals surface area (Å²) < 4.78 is 0. The first-order valence-electron chi connectivity index (χ1n) is 6.54. The van der Waals surface area contributed by atoms with Crippen LogP contribution in [0.15, 0.2) is 0 Å². The third-order valence-corrected chi connectivity index (χ3v) is 3.62. The summed E-state index contributed by atoms with van der Waals surface area (Å²) in [5, 5.41) is 26.5. The number of carbonyl (C=O) groups is 2. The Morgan fingerprint density at radius 2 is 1.65 bits per heavy atom. The summed E-state index contributed by atoms with van der Waals surface area (Å²) in [6, 6.07) is 3.89. The third kappa shape index (κ3) is 4.89. The quantitative estimate of drug-likeness (QED) is 0.729. The molecule has 0 saturated carbocycles. The molecule has 1 amide bonds. The minimum atomic E-state index is -1.14. The fraction of sp³-hybridized carbons (Fsp3) is 0.714. The van der Waals surface area contributed by atoms with Gasteiger partial charge in [0, 0.05) is 19.5 Å². The van der Waals surface area contributed by atoms with Gasteiger partial charge in [-0.05, 0) is 12.8 Å². The molecule has 0 radical (unpaired) electrons. The maximum atomic E-state index is 12.2. The van der Waals surface area contributed by atoms with Crippen LogP contribution >= 0.6 is 0 Å². The predicted molar refractivity (Wildman–Crippen MR) is 72.2 cm³/mol. The molecule has 0 aromatic carbocycles. The van der Waals surface area contributed by atoms with Crippen molar-refractivity contribution in [1.82, 2.24) is 4.90 Å². The lowest BCUT2D eigenvalue weighted by molar-refractivity contribution is -0.155. The molecule has 1 unspecified atom stereocenters. The molecule has 0 aromatic rings. The molecule has 0 aliphatic heterocycles. The van der Waals surface area contributed by atoms with Gasteiger partial charge in [-0.3, -0.25) is 9.59 Å². The Kier molecular flexibility index (Phi) is 7.31. The molecule has 1 atom stereocenters. The van der Waals surface area contributed by atoms with E-state index in [0.717, 1.165) is 0 Å². The highest BCUT2D eigenvalue weighted by atomic mass is 16.4. The van der Waals surface area contributed by atoms with Gasteiger partial charge in [-0.25, -0.2) is 0 Å². The zero-order chi connectivity index (χ0) is 15.8. The van der Waals surface area contributed by atoms with Gasteiger partial charge >= 0.3 is 5.97 Å². The lowest BCUT2D eigenvalue weighted by Crippen LogP contribution is -2.41. The van der Waals surface area contributed by atoms with E-state index >= 15 is 0 Å². The highest BCUT2D eigenvalue weighted by Gasteiger charge is 2.39. The van der Waals surface area contributed by atoms with E-state index in [1.165, 1.54) is 4.90 Å². The Balaban J connectivity index is 4.93. The molecule has 0 rings (SSSR count). The van der Waals surface area contributed by atoms with Crippen molar-refractivity contribution in [2.45, 2.75) is 40.0 Å². The summed E-state index contributed by atoms with van der Waals surface area (Å²) in [5.74, 6) is -1.53. The second-order valence-electron chi connectivity index (χ2n) is 5.25. The average molecular weight is 279 g/mol. The number of hydrogen-bond acceptors (Lipinski definition) is 4. The summed E-state index contributed by atoms with van der Waals surface area (Å²) in [5.41, 5.74) is -1.14. The van der Waals surface area contributed by atoms with Crippen LogP contribution < -0.4 is 0 Å². The van der Waals surface area contributed by atoms with Crippen LogP contribution in [0.4, 0.5) is 0 Å². The lowest BCUT2D eigenvalue weighted by Gasteiger charge is -2.31. The van der Waals surface area contributed by atoms with Gasteiger partial charge in [0.1, 0.15) is 0 Å². The lowest BCUT2D eigenvalue weighted by atomic mass is 9.76. The van der Waals surface area contributed by atoms with E-state index in [-0.39, 0.29) is 44.2 Å². The summed E-state index contributed by atoms with van der Waals surface area (Å²) in [7, 11) is 0. The number of aliphatic carboxylic acids is 1. The number of nitriles is 2. The normalized spacial score (nSPS) is 13.1. The monoisotopic (exact) mass is 279 g/mol. The summed E-state index contributed by atoms with van der Waals surface area (Å²) >= 11 is 0. The summed E-state index contributed by atoms with van der Waals surface area (Å²) in [6.45, 7) is 5.52. The Bertz CT molecular complexity index is 416. The molecule has 0 saturated heterocycles. The summed E-state index contributed by atoms with van der Waals surface area (Å²) in [4.78, 5) is 25.0. The van der Waals surface area contributed by atoms with Crippen molar-refractivity contribution >= 4 is 11.9 Å². The third-order valence-electron chi connectivity index (χ3n) is 3.62. The number of rotatable bonds is 8. The maximum absolute atomic E-state index is 12.2. The number of carboxylic acid groups (broad SMARTS) is 1. The van der Waals surface area contributed by atoms with E-state index in [0.29, 0.717) is 0 Å². The maximum Gasteiger partial charge on any atom is 0.310 e. The second kappa shape index (κ2) is 8.16. The van der Waals surface area contributed by atoms with Gasteiger partial charge in [-0.2, -0.15) is 10.5 Å². The first-order valence-corrected chi connectivity index (χ1v) is 6.54. The molecule has 0 aromatic heterocycles. The molecule has 0 aliphatic rings. The highest BCUT2D eigenvalue weighted by Crippen LogP contribution is 2.32. The van der Waals surface area contributed by atoms with Crippen LogP contribution in [-0.2, 0) is 9.59 Å². The number of carbonyl (C=O) groups excluding carboxylic acids is 1. The van der Waals surface area contributed by atoms with Crippen molar-refractivity contribution in [3.63, 3.8) is 0 Å². The van der Waals surface area contributed by atoms with Crippen molar-refractivity contribution in [3.05, 3.63) is 0 Å². The van der Waals surface area contributed by atoms with Crippen LogP contribution in [0.3, 0.4) is 0 Å². The molecular weight excluding hydrogens is 258 g/mol. The summed E-state index contributed by atoms with van der Waals surface area (Å²) in [6.07, 6.45) is 0.210. The number of nitrogens with zero attached hydrogens (tertiary/aromatic N) is 3. The molecule has 0 spiro atoms. The molecule has 1 N–H and O–H groups in total. The standard InChI is InChI=1S/C14H21N3O3/c1-11(2)14(3,13(19)20)10-12(18)17(8-4-6-15)9-5-7-16/h11H,4-5,8-10H2,1-3H3,(H,19,20). The van der Waals surface area contributed by atoms with Gasteiger partial charge in [0.15, 0.2) is 0 Å². The van der Waals surface area contributed by atoms with Crippen LogP contribution in [-0.4, -0.2) is 35.0 Å². The molecule has 6 nitrogen and oxygen atoms in total. The smallest absolute Gasteiger partial charge is 0.310 e. The predicted octanol–water partition coefficient (Wildman–Crippen LogP) is 1.78. The van der Waals surface area contributed by atoms with Crippen molar-refractivity contribution < 1.29 is 14.7 Å². The van der Waals surface area contributed by atoms with Gasteiger partial charge in [-0.1, -0.05) is 13.8 Å². The molecule has 110 valence electrons. The van der Waals surface area contributed by atoms with E-state index < -0.39 is 11.4 Å². The molecule has 0 bridgehead atoms. The van der Waals surface area contributed by atoms with E-state index in [1.54, 1.807) is 20.8 Å². The first kappa shape index (κ1) is 17.9. The van der Waals surface area contributed by atoms with E-state index in [9.17, 15) is 14.7 Å².